The van der Waals surface area contributed by atoms with Gasteiger partial charge in [-0.3, -0.25) is 0 Å². The minimum Gasteiger partial charge on any atom is -0.316 e. The zero-order valence-corrected chi connectivity index (χ0v) is 14.2. The highest BCUT2D eigenvalue weighted by Gasteiger charge is 2.42. The number of hydrogen-bond acceptors (Lipinski definition) is 3. The van der Waals surface area contributed by atoms with Crippen LogP contribution in [-0.4, -0.2) is 38.9 Å². The molecule has 3 rings (SSSR count). The summed E-state index contributed by atoms with van der Waals surface area (Å²) in [6, 6.07) is 2.44. The van der Waals surface area contributed by atoms with E-state index >= 15 is 0 Å². The third-order valence-corrected chi connectivity index (χ3v) is 6.22. The molecular weight excluding hydrogens is 376 g/mol. The van der Waals surface area contributed by atoms with Crippen molar-refractivity contribution >= 4 is 34.0 Å². The molecule has 0 saturated carbocycles. The molecule has 1 aromatic carbocycles. The predicted octanol–water partition coefficient (Wildman–Crippen LogP) is 2.62. The predicted molar refractivity (Wildman–Crippen MR) is 82.3 cm³/mol. The van der Waals surface area contributed by atoms with Gasteiger partial charge in [-0.05, 0) is 43.1 Å². The maximum Gasteiger partial charge on any atom is 0.416 e. The van der Waals surface area contributed by atoms with Gasteiger partial charge in [0.2, 0.25) is 10.0 Å². The molecule has 4 nitrogen and oxygen atoms in total. The van der Waals surface area contributed by atoms with Crippen molar-refractivity contribution in [1.29, 1.82) is 0 Å². The second-order valence-corrected chi connectivity index (χ2v) is 8.05. The summed E-state index contributed by atoms with van der Waals surface area (Å²) in [7, 11) is -3.96. The molecule has 0 spiro atoms. The van der Waals surface area contributed by atoms with E-state index in [1.165, 1.54) is 4.31 Å². The van der Waals surface area contributed by atoms with Crippen molar-refractivity contribution in [2.45, 2.75) is 11.1 Å². The monoisotopic (exact) mass is 390 g/mol. The highest BCUT2D eigenvalue weighted by molar-refractivity contribution is 7.89. The molecule has 1 aromatic rings. The Morgan fingerprint density at radius 2 is 1.70 bits per heavy atom. The van der Waals surface area contributed by atoms with Crippen molar-refractivity contribution in [3.05, 3.63) is 28.8 Å². The zero-order chi connectivity index (χ0) is 16.1. The molecule has 2 heterocycles. The fraction of sp³-hybridized carbons (Fsp3) is 0.538. The molecular formula is C13H15Cl2F3N2O2S. The van der Waals surface area contributed by atoms with Gasteiger partial charge in [0, 0.05) is 18.1 Å². The molecule has 0 radical (unpaired) electrons. The molecule has 2 aliphatic heterocycles. The number of benzene rings is 1. The van der Waals surface area contributed by atoms with Gasteiger partial charge < -0.3 is 5.32 Å². The van der Waals surface area contributed by atoms with Gasteiger partial charge in [0.1, 0.15) is 0 Å². The van der Waals surface area contributed by atoms with Gasteiger partial charge in [-0.2, -0.15) is 17.5 Å². The van der Waals surface area contributed by atoms with Gasteiger partial charge in [0.15, 0.2) is 0 Å². The van der Waals surface area contributed by atoms with Crippen LogP contribution in [0.4, 0.5) is 13.2 Å². The molecule has 1 N–H and O–H groups in total. The summed E-state index contributed by atoms with van der Waals surface area (Å²) in [6.45, 7) is 2.13. The summed E-state index contributed by atoms with van der Waals surface area (Å²) >= 11 is 5.67. The molecule has 2 saturated heterocycles. The van der Waals surface area contributed by atoms with Gasteiger partial charge in [-0.15, -0.1) is 12.4 Å². The Hall–Kier alpha value is -0.540. The van der Waals surface area contributed by atoms with E-state index in [1.807, 2.05) is 0 Å². The van der Waals surface area contributed by atoms with Crippen LogP contribution in [0.1, 0.15) is 5.56 Å². The Bertz CT molecular complexity index is 685. The Kier molecular flexibility index (Phi) is 5.23. The van der Waals surface area contributed by atoms with Gasteiger partial charge >= 0.3 is 6.18 Å². The number of sulfonamides is 1. The summed E-state index contributed by atoms with van der Waals surface area (Å²) < 4.78 is 64.9. The Labute approximate surface area is 143 Å². The molecule has 0 unspecified atom stereocenters. The summed E-state index contributed by atoms with van der Waals surface area (Å²) in [5.41, 5.74) is -1.06. The maximum absolute atomic E-state index is 12.8. The van der Waals surface area contributed by atoms with Gasteiger partial charge in [-0.1, -0.05) is 11.6 Å². The van der Waals surface area contributed by atoms with Gasteiger partial charge in [0.25, 0.3) is 0 Å². The number of hydrogen-bond donors (Lipinski definition) is 1. The van der Waals surface area contributed by atoms with Gasteiger partial charge in [-0.25, -0.2) is 8.42 Å². The average Bonchev–Trinajstić information content (AvgIpc) is 2.97. The van der Waals surface area contributed by atoms with Crippen LogP contribution < -0.4 is 5.32 Å². The molecule has 23 heavy (non-hydrogen) atoms. The van der Waals surface area contributed by atoms with E-state index in [2.05, 4.69) is 5.32 Å². The van der Waals surface area contributed by atoms with Crippen LogP contribution in [-0.2, 0) is 16.2 Å². The lowest BCUT2D eigenvalue weighted by molar-refractivity contribution is -0.137. The Morgan fingerprint density at radius 3 is 2.22 bits per heavy atom. The van der Waals surface area contributed by atoms with Crippen LogP contribution in [0.2, 0.25) is 5.02 Å². The first kappa shape index (κ1) is 18.8. The third kappa shape index (κ3) is 3.61. The number of alkyl halides is 3. The minimum atomic E-state index is -4.64. The second-order valence-electron chi connectivity index (χ2n) is 5.67. The first-order chi connectivity index (χ1) is 10.2. The second kappa shape index (κ2) is 6.40. The summed E-state index contributed by atoms with van der Waals surface area (Å²) in [6.07, 6.45) is -4.64. The van der Waals surface area contributed by atoms with Crippen molar-refractivity contribution in [2.24, 2.45) is 11.8 Å². The molecule has 130 valence electrons. The van der Waals surface area contributed by atoms with Gasteiger partial charge in [0.05, 0.1) is 10.5 Å². The van der Waals surface area contributed by atoms with E-state index in [-0.39, 0.29) is 29.3 Å². The normalized spacial score (nSPS) is 25.2. The van der Waals surface area contributed by atoms with Crippen LogP contribution >= 0.6 is 24.0 Å². The highest BCUT2D eigenvalue weighted by atomic mass is 35.5. The molecule has 2 fully saturated rings. The third-order valence-electron chi connectivity index (χ3n) is 4.19. The van der Waals surface area contributed by atoms with E-state index in [4.69, 9.17) is 11.6 Å². The van der Waals surface area contributed by atoms with E-state index in [9.17, 15) is 21.6 Å². The largest absolute Gasteiger partial charge is 0.416 e. The molecule has 10 heteroatoms. The number of halogens is 5. The van der Waals surface area contributed by atoms with Crippen LogP contribution in [0, 0.1) is 11.8 Å². The van der Waals surface area contributed by atoms with Crippen LogP contribution in [0.5, 0.6) is 0 Å². The van der Waals surface area contributed by atoms with Crippen LogP contribution in [0.25, 0.3) is 0 Å². The number of rotatable bonds is 2. The fourth-order valence-corrected chi connectivity index (χ4v) is 4.96. The molecule has 0 amide bonds. The number of nitrogens with zero attached hydrogens (tertiary/aromatic N) is 1. The van der Waals surface area contributed by atoms with E-state index in [0.29, 0.717) is 19.2 Å². The van der Waals surface area contributed by atoms with Crippen molar-refractivity contribution in [1.82, 2.24) is 9.62 Å². The van der Waals surface area contributed by atoms with E-state index < -0.39 is 26.7 Å². The average molecular weight is 391 g/mol. The molecule has 0 aromatic heterocycles. The van der Waals surface area contributed by atoms with Crippen LogP contribution in [0.3, 0.4) is 0 Å². The Morgan fingerprint density at radius 1 is 1.13 bits per heavy atom. The lowest BCUT2D eigenvalue weighted by Crippen LogP contribution is -2.32. The maximum atomic E-state index is 12.8. The fourth-order valence-electron chi connectivity index (χ4n) is 3.03. The quantitative estimate of drug-likeness (QED) is 0.844. The Balaban J connectivity index is 0.00000192. The molecule has 0 aliphatic carbocycles. The first-order valence-electron chi connectivity index (χ1n) is 6.76. The van der Waals surface area contributed by atoms with E-state index in [0.717, 1.165) is 25.2 Å². The minimum absolute atomic E-state index is 0. The first-order valence-corrected chi connectivity index (χ1v) is 8.58. The zero-order valence-electron chi connectivity index (χ0n) is 11.8. The molecule has 0 bridgehead atoms. The van der Waals surface area contributed by atoms with Crippen molar-refractivity contribution in [2.75, 3.05) is 26.2 Å². The molecule has 2 atom stereocenters. The standard InChI is InChI=1S/C13H14ClF3N2O2S.ClH/c14-11-1-10(13(15,16)17)2-12(3-11)22(20,21)19-6-8-4-18-5-9(8)7-19;/h1-3,8-9,18H,4-7H2;1H/t8-,9+;. The lowest BCUT2D eigenvalue weighted by atomic mass is 10.0. The van der Waals surface area contributed by atoms with Crippen molar-refractivity contribution in [3.63, 3.8) is 0 Å². The van der Waals surface area contributed by atoms with E-state index in [1.54, 1.807) is 0 Å². The summed E-state index contributed by atoms with van der Waals surface area (Å²) in [4.78, 5) is -0.403. The lowest BCUT2D eigenvalue weighted by Gasteiger charge is -2.18. The SMILES string of the molecule is Cl.O=S(=O)(c1cc(Cl)cc(C(F)(F)F)c1)N1C[C@H]2CNC[C@H]2C1. The number of fused-ring (bicyclic) bond motifs is 1. The van der Waals surface area contributed by atoms with Crippen LogP contribution in [0.15, 0.2) is 23.1 Å². The van der Waals surface area contributed by atoms with Crippen molar-refractivity contribution in [3.8, 4) is 0 Å². The summed E-state index contributed by atoms with van der Waals surface area (Å²) in [5, 5.41) is 2.94. The summed E-state index contributed by atoms with van der Waals surface area (Å²) in [5.74, 6) is 0.437. The highest BCUT2D eigenvalue weighted by Crippen LogP contribution is 2.35. The molecule has 2 aliphatic rings. The van der Waals surface area contributed by atoms with Crippen molar-refractivity contribution < 1.29 is 21.6 Å². The smallest absolute Gasteiger partial charge is 0.316 e. The topological polar surface area (TPSA) is 49.4 Å². The number of nitrogens with one attached hydrogen (secondary N) is 1.